The van der Waals surface area contributed by atoms with Gasteiger partial charge in [-0.1, -0.05) is 30.3 Å². The van der Waals surface area contributed by atoms with Crippen molar-refractivity contribution in [3.8, 4) is 0 Å². The zero-order chi connectivity index (χ0) is 15.5. The minimum absolute atomic E-state index is 0.00800. The molecule has 0 bridgehead atoms. The van der Waals surface area contributed by atoms with Crippen LogP contribution in [0.5, 0.6) is 0 Å². The summed E-state index contributed by atoms with van der Waals surface area (Å²) in [6.45, 7) is 2.50. The van der Waals surface area contributed by atoms with Crippen LogP contribution >= 0.6 is 0 Å². The summed E-state index contributed by atoms with van der Waals surface area (Å²) in [6.07, 6.45) is 1.44. The highest BCUT2D eigenvalue weighted by Gasteiger charge is 2.41. The quantitative estimate of drug-likeness (QED) is 0.866. The Morgan fingerprint density at radius 1 is 1.38 bits per heavy atom. The highest BCUT2D eigenvalue weighted by molar-refractivity contribution is 5.80. The monoisotopic (exact) mass is 290 g/mol. The Labute approximate surface area is 124 Å². The number of benzene rings is 1. The number of carbonyl (C=O) groups is 2. The average Bonchev–Trinajstić information content (AvgIpc) is 2.89. The number of nitrogens with two attached hydrogens (primary N) is 1. The van der Waals surface area contributed by atoms with Gasteiger partial charge in [0, 0.05) is 25.6 Å². The maximum atomic E-state index is 12.2. The predicted octanol–water partition coefficient (Wildman–Crippen LogP) is 1.79. The minimum atomic E-state index is -0.834. The summed E-state index contributed by atoms with van der Waals surface area (Å²) in [5.74, 6) is -0.842. The molecule has 0 aromatic heterocycles. The first-order chi connectivity index (χ1) is 9.92. The molecule has 5 nitrogen and oxygen atoms in total. The Hall–Kier alpha value is -1.88. The highest BCUT2D eigenvalue weighted by atomic mass is 16.4. The van der Waals surface area contributed by atoms with Crippen LogP contribution in [-0.4, -0.2) is 35.0 Å². The fourth-order valence-electron chi connectivity index (χ4n) is 2.65. The van der Waals surface area contributed by atoms with Crippen molar-refractivity contribution in [1.29, 1.82) is 0 Å². The number of rotatable bonds is 5. The summed E-state index contributed by atoms with van der Waals surface area (Å²) in [4.78, 5) is 25.0. The molecule has 1 aliphatic rings. The second-order valence-electron chi connectivity index (χ2n) is 5.99. The van der Waals surface area contributed by atoms with Crippen LogP contribution in [0.2, 0.25) is 0 Å². The lowest BCUT2D eigenvalue weighted by molar-refractivity contribution is -0.147. The molecule has 1 saturated heterocycles. The number of carboxylic acids is 1. The standard InChI is InChI=1S/C16H22N2O3/c1-16(15(20)21)9-10-18(11-16)14(19)8-7-13(17)12-5-3-2-4-6-12/h2-6,13H,7-11,17H2,1H3,(H,20,21). The molecule has 1 aliphatic heterocycles. The van der Waals surface area contributed by atoms with E-state index in [0.29, 0.717) is 32.4 Å². The smallest absolute Gasteiger partial charge is 0.311 e. The molecule has 1 aromatic carbocycles. The van der Waals surface area contributed by atoms with Crippen molar-refractivity contribution < 1.29 is 14.7 Å². The van der Waals surface area contributed by atoms with E-state index in [9.17, 15) is 14.7 Å². The second-order valence-corrected chi connectivity index (χ2v) is 5.99. The number of amides is 1. The molecule has 2 rings (SSSR count). The minimum Gasteiger partial charge on any atom is -0.481 e. The van der Waals surface area contributed by atoms with Crippen molar-refractivity contribution in [2.75, 3.05) is 13.1 Å². The molecular weight excluding hydrogens is 268 g/mol. The van der Waals surface area contributed by atoms with Gasteiger partial charge in [0.25, 0.3) is 0 Å². The fraction of sp³-hybridized carbons (Fsp3) is 0.500. The Morgan fingerprint density at radius 2 is 2.05 bits per heavy atom. The molecule has 0 saturated carbocycles. The third kappa shape index (κ3) is 3.61. The zero-order valence-electron chi connectivity index (χ0n) is 12.3. The van der Waals surface area contributed by atoms with Crippen LogP contribution in [0.3, 0.4) is 0 Å². The molecule has 2 atom stereocenters. The number of aliphatic carboxylic acids is 1. The number of carboxylic acid groups (broad SMARTS) is 1. The van der Waals surface area contributed by atoms with E-state index < -0.39 is 11.4 Å². The van der Waals surface area contributed by atoms with Gasteiger partial charge in [0.1, 0.15) is 0 Å². The normalized spacial score (nSPS) is 23.0. The lowest BCUT2D eigenvalue weighted by Gasteiger charge is -2.21. The summed E-state index contributed by atoms with van der Waals surface area (Å²) in [5, 5.41) is 9.18. The van der Waals surface area contributed by atoms with E-state index in [4.69, 9.17) is 5.73 Å². The number of hydrogen-bond donors (Lipinski definition) is 2. The topological polar surface area (TPSA) is 83.6 Å². The number of likely N-dealkylation sites (tertiary alicyclic amines) is 1. The van der Waals surface area contributed by atoms with Crippen molar-refractivity contribution in [3.63, 3.8) is 0 Å². The summed E-state index contributed by atoms with van der Waals surface area (Å²) in [5.41, 5.74) is 6.29. The van der Waals surface area contributed by atoms with Gasteiger partial charge in [-0.05, 0) is 25.3 Å². The van der Waals surface area contributed by atoms with Crippen molar-refractivity contribution in [2.45, 2.75) is 32.2 Å². The van der Waals surface area contributed by atoms with E-state index in [1.54, 1.807) is 11.8 Å². The van der Waals surface area contributed by atoms with E-state index in [1.165, 1.54) is 0 Å². The van der Waals surface area contributed by atoms with Crippen molar-refractivity contribution in [2.24, 2.45) is 11.1 Å². The number of nitrogens with zero attached hydrogens (tertiary/aromatic N) is 1. The molecule has 3 N–H and O–H groups in total. The van der Waals surface area contributed by atoms with E-state index >= 15 is 0 Å². The van der Waals surface area contributed by atoms with Crippen molar-refractivity contribution >= 4 is 11.9 Å². The van der Waals surface area contributed by atoms with Gasteiger partial charge in [-0.25, -0.2) is 0 Å². The highest BCUT2D eigenvalue weighted by Crippen LogP contribution is 2.30. The Morgan fingerprint density at radius 3 is 2.62 bits per heavy atom. The van der Waals surface area contributed by atoms with Gasteiger partial charge >= 0.3 is 5.97 Å². The molecule has 0 spiro atoms. The molecule has 0 radical (unpaired) electrons. The first-order valence-electron chi connectivity index (χ1n) is 7.24. The zero-order valence-corrected chi connectivity index (χ0v) is 12.3. The fourth-order valence-corrected chi connectivity index (χ4v) is 2.65. The summed E-state index contributed by atoms with van der Waals surface area (Å²) >= 11 is 0. The first-order valence-corrected chi connectivity index (χ1v) is 7.24. The van der Waals surface area contributed by atoms with Gasteiger partial charge in [-0.15, -0.1) is 0 Å². The van der Waals surface area contributed by atoms with Crippen LogP contribution < -0.4 is 5.73 Å². The van der Waals surface area contributed by atoms with E-state index in [2.05, 4.69) is 0 Å². The van der Waals surface area contributed by atoms with Crippen LogP contribution in [0.15, 0.2) is 30.3 Å². The molecule has 1 heterocycles. The van der Waals surface area contributed by atoms with Gasteiger partial charge in [0.15, 0.2) is 0 Å². The van der Waals surface area contributed by atoms with Gasteiger partial charge in [0.2, 0.25) is 5.91 Å². The van der Waals surface area contributed by atoms with Crippen LogP contribution in [0.1, 0.15) is 37.8 Å². The van der Waals surface area contributed by atoms with Crippen molar-refractivity contribution in [3.05, 3.63) is 35.9 Å². The molecule has 21 heavy (non-hydrogen) atoms. The maximum absolute atomic E-state index is 12.2. The van der Waals surface area contributed by atoms with Gasteiger partial charge < -0.3 is 15.7 Å². The molecule has 1 fully saturated rings. The Bertz CT molecular complexity index is 518. The predicted molar refractivity (Wildman–Crippen MR) is 79.5 cm³/mol. The third-order valence-electron chi connectivity index (χ3n) is 4.24. The van der Waals surface area contributed by atoms with E-state index in [0.717, 1.165) is 5.56 Å². The van der Waals surface area contributed by atoms with E-state index in [-0.39, 0.29) is 11.9 Å². The Balaban J connectivity index is 1.85. The molecule has 0 aliphatic carbocycles. The lowest BCUT2D eigenvalue weighted by atomic mass is 9.90. The van der Waals surface area contributed by atoms with Crippen LogP contribution in [0.4, 0.5) is 0 Å². The third-order valence-corrected chi connectivity index (χ3v) is 4.24. The van der Waals surface area contributed by atoms with Crippen LogP contribution in [0.25, 0.3) is 0 Å². The number of carbonyl (C=O) groups excluding carboxylic acids is 1. The SMILES string of the molecule is CC1(C(=O)O)CCN(C(=O)CCC(N)c2ccccc2)C1. The maximum Gasteiger partial charge on any atom is 0.311 e. The molecule has 2 unspecified atom stereocenters. The molecule has 5 heteroatoms. The average molecular weight is 290 g/mol. The van der Waals surface area contributed by atoms with Crippen LogP contribution in [-0.2, 0) is 9.59 Å². The summed E-state index contributed by atoms with van der Waals surface area (Å²) < 4.78 is 0. The van der Waals surface area contributed by atoms with Gasteiger partial charge in [-0.2, -0.15) is 0 Å². The largest absolute Gasteiger partial charge is 0.481 e. The molecular formula is C16H22N2O3. The lowest BCUT2D eigenvalue weighted by Crippen LogP contribution is -2.35. The molecule has 1 amide bonds. The molecule has 1 aromatic rings. The molecule has 114 valence electrons. The van der Waals surface area contributed by atoms with Gasteiger partial charge in [0.05, 0.1) is 5.41 Å². The summed E-state index contributed by atoms with van der Waals surface area (Å²) in [7, 11) is 0. The number of hydrogen-bond acceptors (Lipinski definition) is 3. The Kier molecular flexibility index (Phi) is 4.63. The second kappa shape index (κ2) is 6.26. The van der Waals surface area contributed by atoms with Gasteiger partial charge in [-0.3, -0.25) is 9.59 Å². The summed E-state index contributed by atoms with van der Waals surface area (Å²) in [6, 6.07) is 9.52. The first kappa shape index (κ1) is 15.5. The van der Waals surface area contributed by atoms with E-state index in [1.807, 2.05) is 30.3 Å². The van der Waals surface area contributed by atoms with Crippen LogP contribution in [0, 0.1) is 5.41 Å². The van der Waals surface area contributed by atoms with Crippen molar-refractivity contribution in [1.82, 2.24) is 4.90 Å².